The van der Waals surface area contributed by atoms with E-state index in [1.165, 1.54) is 6.54 Å². The highest BCUT2D eigenvalue weighted by molar-refractivity contribution is 4.81. The Balaban J connectivity index is 4.06. The standard InChI is InChI=1S/C12H28N2/c1-10(2)8-14(7)9-11(13-6)12(3,4)5/h10-11,13H,8-9H2,1-7H3. The molecule has 0 fully saturated rings. The summed E-state index contributed by atoms with van der Waals surface area (Å²) in [5.41, 5.74) is 0.333. The van der Waals surface area contributed by atoms with Crippen LogP contribution in [0.1, 0.15) is 34.6 Å². The Morgan fingerprint density at radius 3 is 1.93 bits per heavy atom. The monoisotopic (exact) mass is 200 g/mol. The van der Waals surface area contributed by atoms with Gasteiger partial charge in [0.15, 0.2) is 0 Å². The molecule has 0 aliphatic heterocycles. The van der Waals surface area contributed by atoms with E-state index in [0.717, 1.165) is 12.5 Å². The number of nitrogens with zero attached hydrogens (tertiary/aromatic N) is 1. The fourth-order valence-corrected chi connectivity index (χ4v) is 1.81. The Morgan fingerprint density at radius 2 is 1.64 bits per heavy atom. The lowest BCUT2D eigenvalue weighted by molar-refractivity contribution is 0.191. The van der Waals surface area contributed by atoms with Gasteiger partial charge in [0.25, 0.3) is 0 Å². The summed E-state index contributed by atoms with van der Waals surface area (Å²) in [5.74, 6) is 0.748. The quantitative estimate of drug-likeness (QED) is 0.732. The Bertz CT molecular complexity index is 147. The van der Waals surface area contributed by atoms with Crippen LogP contribution in [0.2, 0.25) is 0 Å². The van der Waals surface area contributed by atoms with Gasteiger partial charge in [0.2, 0.25) is 0 Å². The van der Waals surface area contributed by atoms with Gasteiger partial charge in [-0.2, -0.15) is 0 Å². The topological polar surface area (TPSA) is 15.3 Å². The summed E-state index contributed by atoms with van der Waals surface area (Å²) in [5, 5.41) is 3.40. The summed E-state index contributed by atoms with van der Waals surface area (Å²) in [4.78, 5) is 2.41. The molecule has 0 rings (SSSR count). The first-order valence-electron chi connectivity index (χ1n) is 5.63. The minimum absolute atomic E-state index is 0.333. The lowest BCUT2D eigenvalue weighted by Crippen LogP contribution is -2.46. The first-order chi connectivity index (χ1) is 6.27. The summed E-state index contributed by atoms with van der Waals surface area (Å²) in [7, 11) is 4.26. The molecule has 86 valence electrons. The van der Waals surface area contributed by atoms with E-state index in [9.17, 15) is 0 Å². The molecule has 0 saturated heterocycles. The lowest BCUT2D eigenvalue weighted by atomic mass is 9.86. The van der Waals surface area contributed by atoms with Crippen molar-refractivity contribution in [1.29, 1.82) is 0 Å². The molecule has 0 amide bonds. The Labute approximate surface area is 90.1 Å². The molecule has 0 bridgehead atoms. The molecule has 0 aromatic heterocycles. The van der Waals surface area contributed by atoms with Crippen molar-refractivity contribution in [3.8, 4) is 0 Å². The molecule has 0 heterocycles. The SMILES string of the molecule is CNC(CN(C)CC(C)C)C(C)(C)C. The van der Waals surface area contributed by atoms with Crippen LogP contribution in [-0.4, -0.2) is 38.1 Å². The zero-order valence-electron chi connectivity index (χ0n) is 11.0. The largest absolute Gasteiger partial charge is 0.315 e. The van der Waals surface area contributed by atoms with Crippen molar-refractivity contribution in [2.45, 2.75) is 40.7 Å². The average Bonchev–Trinajstić information content (AvgIpc) is 1.96. The smallest absolute Gasteiger partial charge is 0.0240 e. The minimum Gasteiger partial charge on any atom is -0.315 e. The van der Waals surface area contributed by atoms with Crippen LogP contribution in [0, 0.1) is 11.3 Å². The van der Waals surface area contributed by atoms with E-state index in [-0.39, 0.29) is 0 Å². The third kappa shape index (κ3) is 5.61. The molecular formula is C12H28N2. The minimum atomic E-state index is 0.333. The predicted molar refractivity (Wildman–Crippen MR) is 64.6 cm³/mol. The zero-order chi connectivity index (χ0) is 11.4. The molecule has 2 nitrogen and oxygen atoms in total. The van der Waals surface area contributed by atoms with E-state index in [2.05, 4.69) is 58.9 Å². The Hall–Kier alpha value is -0.0800. The summed E-state index contributed by atoms with van der Waals surface area (Å²) in [6.07, 6.45) is 0. The van der Waals surface area contributed by atoms with Crippen LogP contribution in [0.5, 0.6) is 0 Å². The summed E-state index contributed by atoms with van der Waals surface area (Å²) in [6, 6.07) is 0.561. The Morgan fingerprint density at radius 1 is 1.14 bits per heavy atom. The van der Waals surface area contributed by atoms with E-state index in [1.54, 1.807) is 0 Å². The molecule has 0 aliphatic carbocycles. The van der Waals surface area contributed by atoms with Gasteiger partial charge in [-0.15, -0.1) is 0 Å². The lowest BCUT2D eigenvalue weighted by Gasteiger charge is -2.34. The Kier molecular flexibility index (Phi) is 5.68. The molecule has 1 atom stereocenters. The van der Waals surface area contributed by atoms with Crippen molar-refractivity contribution in [3.63, 3.8) is 0 Å². The van der Waals surface area contributed by atoms with Crippen LogP contribution in [0.3, 0.4) is 0 Å². The average molecular weight is 200 g/mol. The molecule has 0 aromatic carbocycles. The second-order valence-electron chi connectivity index (χ2n) is 5.82. The van der Waals surface area contributed by atoms with E-state index >= 15 is 0 Å². The number of likely N-dealkylation sites (N-methyl/N-ethyl adjacent to an activating group) is 2. The molecule has 0 spiro atoms. The van der Waals surface area contributed by atoms with Crippen LogP contribution in [-0.2, 0) is 0 Å². The molecule has 0 aliphatic rings. The third-order valence-corrected chi connectivity index (χ3v) is 2.56. The van der Waals surface area contributed by atoms with Crippen molar-refractivity contribution < 1.29 is 0 Å². The number of hydrogen-bond donors (Lipinski definition) is 1. The zero-order valence-corrected chi connectivity index (χ0v) is 11.0. The molecule has 0 saturated carbocycles. The summed E-state index contributed by atoms with van der Waals surface area (Å²) >= 11 is 0. The van der Waals surface area contributed by atoms with Gasteiger partial charge in [-0.05, 0) is 25.4 Å². The molecule has 14 heavy (non-hydrogen) atoms. The van der Waals surface area contributed by atoms with Crippen molar-refractivity contribution in [2.75, 3.05) is 27.2 Å². The van der Waals surface area contributed by atoms with Gasteiger partial charge in [0.1, 0.15) is 0 Å². The van der Waals surface area contributed by atoms with Crippen molar-refractivity contribution in [2.24, 2.45) is 11.3 Å². The summed E-state index contributed by atoms with van der Waals surface area (Å²) < 4.78 is 0. The first kappa shape index (κ1) is 13.9. The molecular weight excluding hydrogens is 172 g/mol. The first-order valence-corrected chi connectivity index (χ1v) is 5.63. The molecule has 2 heteroatoms. The van der Waals surface area contributed by atoms with Crippen molar-refractivity contribution >= 4 is 0 Å². The highest BCUT2D eigenvalue weighted by Gasteiger charge is 2.23. The van der Waals surface area contributed by atoms with Crippen LogP contribution < -0.4 is 5.32 Å². The van der Waals surface area contributed by atoms with E-state index in [4.69, 9.17) is 0 Å². The van der Waals surface area contributed by atoms with Gasteiger partial charge in [-0.1, -0.05) is 34.6 Å². The molecule has 0 radical (unpaired) electrons. The normalized spacial score (nSPS) is 15.2. The molecule has 1 N–H and O–H groups in total. The third-order valence-electron chi connectivity index (χ3n) is 2.56. The molecule has 1 unspecified atom stereocenters. The summed E-state index contributed by atoms with van der Waals surface area (Å²) in [6.45, 7) is 13.7. The van der Waals surface area contributed by atoms with Gasteiger partial charge >= 0.3 is 0 Å². The second kappa shape index (κ2) is 5.72. The van der Waals surface area contributed by atoms with Gasteiger partial charge in [0.05, 0.1) is 0 Å². The number of hydrogen-bond acceptors (Lipinski definition) is 2. The van der Waals surface area contributed by atoms with Crippen LogP contribution in [0.15, 0.2) is 0 Å². The maximum atomic E-state index is 3.40. The second-order valence-corrected chi connectivity index (χ2v) is 5.82. The van der Waals surface area contributed by atoms with Gasteiger partial charge in [0, 0.05) is 19.1 Å². The van der Waals surface area contributed by atoms with Crippen LogP contribution >= 0.6 is 0 Å². The molecule has 0 aromatic rings. The predicted octanol–water partition coefficient (Wildman–Crippen LogP) is 2.21. The van der Waals surface area contributed by atoms with Gasteiger partial charge < -0.3 is 10.2 Å². The van der Waals surface area contributed by atoms with E-state index in [0.29, 0.717) is 11.5 Å². The van der Waals surface area contributed by atoms with Crippen LogP contribution in [0.25, 0.3) is 0 Å². The van der Waals surface area contributed by atoms with E-state index in [1.807, 2.05) is 0 Å². The fraction of sp³-hybridized carbons (Fsp3) is 1.00. The maximum Gasteiger partial charge on any atom is 0.0240 e. The number of nitrogens with one attached hydrogen (secondary N) is 1. The number of rotatable bonds is 5. The van der Waals surface area contributed by atoms with Gasteiger partial charge in [-0.3, -0.25) is 0 Å². The van der Waals surface area contributed by atoms with Crippen molar-refractivity contribution in [3.05, 3.63) is 0 Å². The van der Waals surface area contributed by atoms with Crippen LogP contribution in [0.4, 0.5) is 0 Å². The van der Waals surface area contributed by atoms with Gasteiger partial charge in [-0.25, -0.2) is 0 Å². The maximum absolute atomic E-state index is 3.40. The highest BCUT2D eigenvalue weighted by atomic mass is 15.1. The van der Waals surface area contributed by atoms with E-state index < -0.39 is 0 Å². The fourth-order valence-electron chi connectivity index (χ4n) is 1.81. The van der Waals surface area contributed by atoms with Crippen molar-refractivity contribution in [1.82, 2.24) is 10.2 Å². The highest BCUT2D eigenvalue weighted by Crippen LogP contribution is 2.19.